The van der Waals surface area contributed by atoms with Gasteiger partial charge >= 0.3 is 0 Å². The molecule has 0 aromatic carbocycles. The van der Waals surface area contributed by atoms with E-state index in [1.807, 2.05) is 0 Å². The Hall–Kier alpha value is -0.520. The molecule has 2 aliphatic carbocycles. The van der Waals surface area contributed by atoms with E-state index in [1.165, 1.54) is 57.8 Å². The van der Waals surface area contributed by atoms with Gasteiger partial charge in [0.15, 0.2) is 0 Å². The van der Waals surface area contributed by atoms with Crippen LogP contribution in [0.4, 0.5) is 0 Å². The largest absolute Gasteiger partial charge is 0.102 e. The Bertz CT molecular complexity index is 268. The molecule has 1 saturated carbocycles. The van der Waals surface area contributed by atoms with Crippen molar-refractivity contribution in [2.75, 3.05) is 0 Å². The van der Waals surface area contributed by atoms with Gasteiger partial charge in [-0.2, -0.15) is 0 Å². The quantitative estimate of drug-likeness (QED) is 0.579. The Kier molecular flexibility index (Phi) is 3.89. The van der Waals surface area contributed by atoms with Crippen molar-refractivity contribution >= 4 is 0 Å². The molecule has 16 heavy (non-hydrogen) atoms. The molecule has 0 bridgehead atoms. The van der Waals surface area contributed by atoms with Gasteiger partial charge in [0.25, 0.3) is 0 Å². The number of hydrogen-bond donors (Lipinski definition) is 0. The van der Waals surface area contributed by atoms with Crippen molar-refractivity contribution < 1.29 is 0 Å². The molecule has 2 aliphatic rings. The third-order valence-electron chi connectivity index (χ3n) is 4.59. The zero-order chi connectivity index (χ0) is 11.4. The molecule has 0 amide bonds. The number of rotatable bonds is 3. The molecule has 2 rings (SSSR count). The second-order valence-electron chi connectivity index (χ2n) is 5.55. The fourth-order valence-corrected chi connectivity index (χ4v) is 3.44. The maximum Gasteiger partial charge on any atom is 0.0117 e. The first kappa shape index (κ1) is 12.0. The zero-order valence-corrected chi connectivity index (χ0v) is 10.5. The monoisotopic (exact) mass is 217 g/mol. The van der Waals surface area contributed by atoms with E-state index in [0.29, 0.717) is 0 Å². The van der Waals surface area contributed by atoms with Crippen LogP contribution in [-0.2, 0) is 0 Å². The molecule has 0 spiro atoms. The van der Waals surface area contributed by atoms with Gasteiger partial charge < -0.3 is 0 Å². The van der Waals surface area contributed by atoms with Gasteiger partial charge in [-0.25, -0.2) is 0 Å². The molecule has 0 heteroatoms. The third-order valence-corrected chi connectivity index (χ3v) is 4.59. The third kappa shape index (κ3) is 2.26. The lowest BCUT2D eigenvalue weighted by molar-refractivity contribution is 0.243. The van der Waals surface area contributed by atoms with E-state index in [4.69, 9.17) is 0 Å². The van der Waals surface area contributed by atoms with Crippen LogP contribution >= 0.6 is 0 Å². The summed E-state index contributed by atoms with van der Waals surface area (Å²) in [6, 6.07) is 0. The molecule has 0 heterocycles. The van der Waals surface area contributed by atoms with Gasteiger partial charge in [0, 0.05) is 5.41 Å². The van der Waals surface area contributed by atoms with Gasteiger partial charge in [0.2, 0.25) is 0 Å². The molecule has 0 aromatic rings. The maximum absolute atomic E-state index is 4.55. The molecular weight excluding hydrogens is 192 g/mol. The average molecular weight is 217 g/mol. The maximum atomic E-state index is 4.55. The van der Waals surface area contributed by atoms with Crippen LogP contribution < -0.4 is 0 Å². The summed E-state index contributed by atoms with van der Waals surface area (Å²) < 4.78 is 0. The summed E-state index contributed by atoms with van der Waals surface area (Å²) in [7, 11) is 0. The lowest BCUT2D eigenvalue weighted by atomic mass is 9.64. The van der Waals surface area contributed by atoms with E-state index in [1.54, 1.807) is 5.57 Å². The highest BCUT2D eigenvalue weighted by Crippen LogP contribution is 2.46. The predicted octanol–water partition coefficient (Wildman–Crippen LogP) is 5.07. The second-order valence-corrected chi connectivity index (χ2v) is 5.55. The average Bonchev–Trinajstić information content (AvgIpc) is 2.40. The minimum absolute atomic E-state index is 0.0564. The van der Waals surface area contributed by atoms with Crippen LogP contribution in [-0.4, -0.2) is 0 Å². The smallest absolute Gasteiger partial charge is 0.0117 e. The molecule has 1 unspecified atom stereocenters. The van der Waals surface area contributed by atoms with Crippen LogP contribution in [0.1, 0.15) is 57.8 Å². The summed E-state index contributed by atoms with van der Waals surface area (Å²) in [5.41, 5.74) is 1.64. The van der Waals surface area contributed by atoms with Crippen molar-refractivity contribution in [2.24, 2.45) is 11.3 Å². The molecule has 0 nitrogen and oxygen atoms in total. The molecule has 0 aromatic heterocycles. The van der Waals surface area contributed by atoms with Gasteiger partial charge in [0.05, 0.1) is 0 Å². The van der Waals surface area contributed by atoms with Crippen LogP contribution in [0.15, 0.2) is 24.3 Å². The number of allylic oxidation sites excluding steroid dienone is 3. The van der Waals surface area contributed by atoms with Gasteiger partial charge in [-0.3, -0.25) is 0 Å². The lowest BCUT2D eigenvalue weighted by Gasteiger charge is -2.40. The Balaban J connectivity index is 2.16. The van der Waals surface area contributed by atoms with Crippen molar-refractivity contribution in [3.8, 4) is 0 Å². The van der Waals surface area contributed by atoms with Gasteiger partial charge in [-0.15, -0.1) is 6.58 Å². The standard InChI is InChI=1S/C16H25/c1-3-16(2,14-10-6-4-7-11-14)15-12-8-5-9-13-15/h3,10,15H,1-2,4-9,11-13H2. The van der Waals surface area contributed by atoms with Crippen LogP contribution in [0.5, 0.6) is 0 Å². The highest BCUT2D eigenvalue weighted by molar-refractivity contribution is 5.26. The minimum Gasteiger partial charge on any atom is -0.102 e. The molecule has 1 fully saturated rings. The van der Waals surface area contributed by atoms with E-state index >= 15 is 0 Å². The molecule has 0 N–H and O–H groups in total. The summed E-state index contributed by atoms with van der Waals surface area (Å²) in [4.78, 5) is 0. The molecule has 89 valence electrons. The molecule has 0 saturated heterocycles. The zero-order valence-electron chi connectivity index (χ0n) is 10.5. The predicted molar refractivity (Wildman–Crippen MR) is 71.1 cm³/mol. The van der Waals surface area contributed by atoms with Gasteiger partial charge in [0.1, 0.15) is 0 Å². The Morgan fingerprint density at radius 1 is 1.12 bits per heavy atom. The van der Waals surface area contributed by atoms with Crippen molar-refractivity contribution in [3.05, 3.63) is 31.2 Å². The first-order valence-corrected chi connectivity index (χ1v) is 6.96. The molecule has 0 aliphatic heterocycles. The SMILES string of the molecule is [CH2]C(C=C)(C1=CCCCC1)C1CCCCC1. The topological polar surface area (TPSA) is 0 Å². The summed E-state index contributed by atoms with van der Waals surface area (Å²) in [6.45, 7) is 8.63. The lowest BCUT2D eigenvalue weighted by Crippen LogP contribution is -2.30. The number of hydrogen-bond acceptors (Lipinski definition) is 0. The first-order chi connectivity index (χ1) is 7.77. The van der Waals surface area contributed by atoms with Crippen LogP contribution in [0, 0.1) is 18.3 Å². The Morgan fingerprint density at radius 3 is 2.44 bits per heavy atom. The van der Waals surface area contributed by atoms with E-state index < -0.39 is 0 Å². The normalized spacial score (nSPS) is 26.9. The Morgan fingerprint density at radius 2 is 1.88 bits per heavy atom. The van der Waals surface area contributed by atoms with Crippen molar-refractivity contribution in [1.82, 2.24) is 0 Å². The fraction of sp³-hybridized carbons (Fsp3) is 0.688. The van der Waals surface area contributed by atoms with Crippen molar-refractivity contribution in [2.45, 2.75) is 57.8 Å². The molecule has 1 atom stereocenters. The van der Waals surface area contributed by atoms with Gasteiger partial charge in [-0.05, 0) is 51.4 Å². The van der Waals surface area contributed by atoms with Crippen LogP contribution in [0.25, 0.3) is 0 Å². The summed E-state index contributed by atoms with van der Waals surface area (Å²) >= 11 is 0. The van der Waals surface area contributed by atoms with Crippen molar-refractivity contribution in [3.63, 3.8) is 0 Å². The first-order valence-electron chi connectivity index (χ1n) is 6.96. The van der Waals surface area contributed by atoms with E-state index in [-0.39, 0.29) is 5.41 Å². The van der Waals surface area contributed by atoms with Crippen LogP contribution in [0.3, 0.4) is 0 Å². The molecular formula is C16H25. The van der Waals surface area contributed by atoms with E-state index in [0.717, 1.165) is 5.92 Å². The van der Waals surface area contributed by atoms with Crippen molar-refractivity contribution in [1.29, 1.82) is 0 Å². The Labute approximate surface area is 101 Å². The van der Waals surface area contributed by atoms with E-state index in [2.05, 4.69) is 25.7 Å². The van der Waals surface area contributed by atoms with Gasteiger partial charge in [-0.1, -0.05) is 37.0 Å². The fourth-order valence-electron chi connectivity index (χ4n) is 3.44. The molecule has 1 radical (unpaired) electrons. The highest BCUT2D eigenvalue weighted by Gasteiger charge is 2.35. The minimum atomic E-state index is 0.0564. The van der Waals surface area contributed by atoms with E-state index in [9.17, 15) is 0 Å². The van der Waals surface area contributed by atoms with Crippen LogP contribution in [0.2, 0.25) is 0 Å². The summed E-state index contributed by atoms with van der Waals surface area (Å²) in [5, 5.41) is 0. The summed E-state index contributed by atoms with van der Waals surface area (Å²) in [5.74, 6) is 0.753. The highest BCUT2D eigenvalue weighted by atomic mass is 14.4. The second kappa shape index (κ2) is 5.21. The summed E-state index contributed by atoms with van der Waals surface area (Å²) in [6.07, 6.45) is 16.7.